The van der Waals surface area contributed by atoms with Gasteiger partial charge in [0.1, 0.15) is 18.5 Å². The van der Waals surface area contributed by atoms with Crippen molar-refractivity contribution >= 4 is 51.3 Å². The summed E-state index contributed by atoms with van der Waals surface area (Å²) in [5.41, 5.74) is 2.27. The van der Waals surface area contributed by atoms with Gasteiger partial charge < -0.3 is 29.5 Å². The van der Waals surface area contributed by atoms with Gasteiger partial charge in [0, 0.05) is 12.8 Å². The molecule has 0 bridgehead atoms. The Hall–Kier alpha value is -0.370. The van der Waals surface area contributed by atoms with Gasteiger partial charge in [0.05, 0.1) is 12.2 Å². The fourth-order valence-corrected chi connectivity index (χ4v) is 8.62. The Labute approximate surface area is 241 Å². The Morgan fingerprint density at radius 3 is 2.56 bits per heavy atom. The van der Waals surface area contributed by atoms with Crippen LogP contribution in [-0.4, -0.2) is 59.5 Å². The lowest BCUT2D eigenvalue weighted by Crippen LogP contribution is -2.50. The third-order valence-corrected chi connectivity index (χ3v) is 12.4. The van der Waals surface area contributed by atoms with Crippen LogP contribution in [-0.2, 0) is 22.3 Å². The summed E-state index contributed by atoms with van der Waals surface area (Å²) >= 11 is 5.11. The molecule has 2 aliphatic carbocycles. The molecule has 5 atom stereocenters. The van der Waals surface area contributed by atoms with Gasteiger partial charge in [0.25, 0.3) is 0 Å². The molecule has 1 saturated carbocycles. The minimum atomic E-state index is -1.52. The van der Waals surface area contributed by atoms with Gasteiger partial charge in [0.15, 0.2) is 6.29 Å². The number of fused-ring (bicyclic) bond motifs is 2. The maximum atomic E-state index is 12.2. The van der Waals surface area contributed by atoms with Crippen molar-refractivity contribution < 1.29 is 34.3 Å². The number of carbonyl (C=O) groups excluding carboxylic acids is 1. The lowest BCUT2D eigenvalue weighted by Gasteiger charge is -2.46. The number of hydrogen-bond donors (Lipinski definition) is 3. The van der Waals surface area contributed by atoms with E-state index >= 15 is 0 Å². The van der Waals surface area contributed by atoms with Crippen LogP contribution in [0.1, 0.15) is 76.8 Å². The second-order valence-corrected chi connectivity index (χ2v) is 14.5. The van der Waals surface area contributed by atoms with Crippen molar-refractivity contribution in [1.29, 1.82) is 0 Å². The molecule has 7 nitrogen and oxygen atoms in total. The molecule has 0 heterocycles. The molecule has 3 rings (SSSR count). The molecule has 0 aliphatic heterocycles. The van der Waals surface area contributed by atoms with E-state index in [4.69, 9.17) is 14.2 Å². The zero-order valence-electron chi connectivity index (χ0n) is 21.4. The third kappa shape index (κ3) is 7.18. The number of aliphatic hydroxyl groups is 3. The molecule has 3 N–H and O–H groups in total. The second kappa shape index (κ2) is 13.1. The quantitative estimate of drug-likeness (QED) is 0.0860. The second-order valence-electron chi connectivity index (χ2n) is 10.5. The predicted molar refractivity (Wildman–Crippen MR) is 155 cm³/mol. The van der Waals surface area contributed by atoms with Crippen LogP contribution in [0, 0.1) is 5.92 Å². The maximum Gasteiger partial charge on any atom is 0.508 e. The van der Waals surface area contributed by atoms with Gasteiger partial charge in [-0.1, -0.05) is 77.1 Å². The highest BCUT2D eigenvalue weighted by Gasteiger charge is 2.63. The molecule has 0 saturated heterocycles. The molecule has 9 heteroatoms. The number of ether oxygens (including phenoxy) is 3. The fraction of sp³-hybridized carbons (Fsp3) is 0.741. The summed E-state index contributed by atoms with van der Waals surface area (Å²) in [4.78, 5) is 12.2. The molecule has 0 unspecified atom stereocenters. The highest BCUT2D eigenvalue weighted by atomic mass is 127. The van der Waals surface area contributed by atoms with E-state index in [-0.39, 0.29) is 31.6 Å². The normalized spacial score (nSPS) is 28.1. The average Bonchev–Trinajstić information content (AvgIpc) is 2.97. The Morgan fingerprint density at radius 2 is 1.89 bits per heavy atom. The van der Waals surface area contributed by atoms with Gasteiger partial charge in [-0.15, -0.1) is 0 Å². The number of hydrogen-bond acceptors (Lipinski definition) is 7. The van der Waals surface area contributed by atoms with E-state index in [1.807, 2.05) is 26.0 Å². The lowest BCUT2D eigenvalue weighted by atomic mass is 9.73. The van der Waals surface area contributed by atoms with Crippen molar-refractivity contribution in [2.24, 2.45) is 5.92 Å². The summed E-state index contributed by atoms with van der Waals surface area (Å²) < 4.78 is 16.3. The smallest absolute Gasteiger partial charge is 0.488 e. The maximum absolute atomic E-state index is 12.2. The first-order valence-corrected chi connectivity index (χ1v) is 15.2. The molecular weight excluding hydrogens is 690 g/mol. The van der Waals surface area contributed by atoms with Crippen LogP contribution in [0.3, 0.4) is 0 Å². The van der Waals surface area contributed by atoms with Crippen molar-refractivity contribution in [3.63, 3.8) is 0 Å². The molecule has 204 valence electrons. The zero-order valence-corrected chi connectivity index (χ0v) is 25.7. The number of carbonyl (C=O) groups is 1. The van der Waals surface area contributed by atoms with Gasteiger partial charge >= 0.3 is 6.16 Å². The molecule has 0 aromatic heterocycles. The molecule has 1 aromatic carbocycles. The predicted octanol–water partition coefficient (Wildman–Crippen LogP) is 5.49. The van der Waals surface area contributed by atoms with E-state index in [1.54, 1.807) is 0 Å². The van der Waals surface area contributed by atoms with Gasteiger partial charge in [-0.05, 0) is 76.0 Å². The first-order chi connectivity index (χ1) is 17.0. The van der Waals surface area contributed by atoms with Crippen LogP contribution in [0.5, 0.6) is 5.75 Å². The number of halogens is 2. The fourth-order valence-electron chi connectivity index (χ4n) is 5.65. The third-order valence-electron chi connectivity index (χ3n) is 7.38. The molecular formula is C27H40I2O7. The highest BCUT2D eigenvalue weighted by molar-refractivity contribution is 14.1. The van der Waals surface area contributed by atoms with Crippen LogP contribution >= 0.6 is 45.2 Å². The van der Waals surface area contributed by atoms with Crippen LogP contribution in [0.4, 0.5) is 4.79 Å². The zero-order chi connectivity index (χ0) is 26.5. The summed E-state index contributed by atoms with van der Waals surface area (Å²) in [6, 6.07) is 5.92. The number of unbranched alkanes of at least 4 members (excludes halogenated alkanes) is 2. The highest BCUT2D eigenvalue weighted by Crippen LogP contribution is 2.62. The molecule has 0 amide bonds. The number of alkyl halides is 2. The summed E-state index contributed by atoms with van der Waals surface area (Å²) in [5, 5.41) is 29.8. The Kier molecular flexibility index (Phi) is 11.0. The molecule has 2 aliphatic rings. The Balaban J connectivity index is 1.76. The van der Waals surface area contributed by atoms with Crippen LogP contribution in [0.2, 0.25) is 0 Å². The van der Waals surface area contributed by atoms with E-state index in [1.165, 1.54) is 5.56 Å². The van der Waals surface area contributed by atoms with Crippen LogP contribution in [0.25, 0.3) is 0 Å². The standard InChI is InChI=1S/C27H40I2O7/c1-4-5-6-9-19(36-25(33)35-17(2)3)11-12-21-22(30)15-26(28)14-20-18(13-27(21,26)29)8-7-10-23(20)34-16-24(31)32/h7-8,10,17,19,21-22,24,30-32H,4-6,9,11-16H2,1-3H3/t19-,21-,22+,26+,27-/m0/s1. The summed E-state index contributed by atoms with van der Waals surface area (Å²) in [6.07, 6.45) is 4.63. The Morgan fingerprint density at radius 1 is 1.14 bits per heavy atom. The lowest BCUT2D eigenvalue weighted by molar-refractivity contribution is -0.0682. The summed E-state index contributed by atoms with van der Waals surface area (Å²) in [7, 11) is 0. The number of rotatable bonds is 12. The van der Waals surface area contributed by atoms with Gasteiger partial charge in [-0.2, -0.15) is 0 Å². The number of benzene rings is 1. The van der Waals surface area contributed by atoms with Crippen molar-refractivity contribution in [2.75, 3.05) is 6.61 Å². The van der Waals surface area contributed by atoms with E-state index in [0.717, 1.165) is 50.5 Å². The first-order valence-electron chi connectivity index (χ1n) is 13.0. The minimum Gasteiger partial charge on any atom is -0.488 e. The monoisotopic (exact) mass is 730 g/mol. The Bertz CT molecular complexity index is 880. The van der Waals surface area contributed by atoms with Crippen molar-refractivity contribution in [1.82, 2.24) is 0 Å². The van der Waals surface area contributed by atoms with Crippen LogP contribution < -0.4 is 4.74 Å². The molecule has 0 spiro atoms. The van der Waals surface area contributed by atoms with E-state index < -0.39 is 18.5 Å². The van der Waals surface area contributed by atoms with Crippen molar-refractivity contribution in [3.05, 3.63) is 29.3 Å². The van der Waals surface area contributed by atoms with Gasteiger partial charge in [-0.3, -0.25) is 0 Å². The average molecular weight is 730 g/mol. The van der Waals surface area contributed by atoms with Crippen molar-refractivity contribution in [3.8, 4) is 5.75 Å². The molecule has 1 aromatic rings. The summed E-state index contributed by atoms with van der Waals surface area (Å²) in [5.74, 6) is 0.742. The SMILES string of the molecule is CCCCC[C@@H](CC[C@H]1[C@H](O)C[C@]2(I)Cc3c(cccc3OCC(O)O)C[C@]12I)OC(=O)OC(C)C. The minimum absolute atomic E-state index is 0.0605. The van der Waals surface area contributed by atoms with E-state index in [9.17, 15) is 20.1 Å². The number of aliphatic hydroxyl groups excluding tert-OH is 2. The molecule has 0 radical (unpaired) electrons. The molecule has 36 heavy (non-hydrogen) atoms. The van der Waals surface area contributed by atoms with E-state index in [0.29, 0.717) is 18.6 Å². The topological polar surface area (TPSA) is 105 Å². The molecule has 1 fully saturated rings. The van der Waals surface area contributed by atoms with Crippen LogP contribution in [0.15, 0.2) is 18.2 Å². The summed E-state index contributed by atoms with van der Waals surface area (Å²) in [6.45, 7) is 5.60. The first kappa shape index (κ1) is 30.2. The van der Waals surface area contributed by atoms with Gasteiger partial charge in [-0.25, -0.2) is 4.79 Å². The van der Waals surface area contributed by atoms with Gasteiger partial charge in [0.2, 0.25) is 0 Å². The van der Waals surface area contributed by atoms with Crippen molar-refractivity contribution in [2.45, 2.75) is 110 Å². The largest absolute Gasteiger partial charge is 0.508 e. The van der Waals surface area contributed by atoms with E-state index in [2.05, 4.69) is 58.2 Å².